The lowest BCUT2D eigenvalue weighted by molar-refractivity contribution is 0.0953. The van der Waals surface area contributed by atoms with E-state index in [0.29, 0.717) is 31.2 Å². The van der Waals surface area contributed by atoms with E-state index in [-0.39, 0.29) is 12.0 Å². The lowest BCUT2D eigenvalue weighted by atomic mass is 10.1. The number of aliphatic imine (C=N–C) groups is 1. The van der Waals surface area contributed by atoms with Crippen LogP contribution in [0, 0.1) is 0 Å². The molecule has 2 aromatic carbocycles. The minimum Gasteiger partial charge on any atom is -0.497 e. The van der Waals surface area contributed by atoms with Gasteiger partial charge in [0.15, 0.2) is 5.96 Å². The molecule has 0 heterocycles. The number of rotatable bonds is 11. The van der Waals surface area contributed by atoms with Crippen molar-refractivity contribution in [3.8, 4) is 11.5 Å². The fourth-order valence-electron chi connectivity index (χ4n) is 2.85. The van der Waals surface area contributed by atoms with E-state index >= 15 is 0 Å². The van der Waals surface area contributed by atoms with Crippen LogP contribution in [0.2, 0.25) is 0 Å². The summed E-state index contributed by atoms with van der Waals surface area (Å²) >= 11 is 0. The Morgan fingerprint density at radius 3 is 2.55 bits per heavy atom. The number of nitrogens with zero attached hydrogens (tertiary/aromatic N) is 1. The fraction of sp³-hybridized carbons (Fsp3) is 0.417. The molecule has 168 valence electrons. The van der Waals surface area contributed by atoms with Crippen molar-refractivity contribution in [2.24, 2.45) is 4.99 Å². The molecule has 1 atom stereocenters. The Labute approximate surface area is 185 Å². The topological polar surface area (TPSA) is 84.0 Å². The average Bonchev–Trinajstić information content (AvgIpc) is 2.79. The summed E-state index contributed by atoms with van der Waals surface area (Å²) in [5.41, 5.74) is 1.63. The van der Waals surface area contributed by atoms with Gasteiger partial charge < -0.3 is 25.4 Å². The number of hydrogen-bond donors (Lipinski definition) is 3. The van der Waals surface area contributed by atoms with Gasteiger partial charge in [-0.2, -0.15) is 0 Å². The second-order valence-corrected chi connectivity index (χ2v) is 7.14. The molecule has 0 aromatic heterocycles. The lowest BCUT2D eigenvalue weighted by Crippen LogP contribution is -2.41. The molecule has 7 heteroatoms. The molecule has 0 bridgehead atoms. The molecule has 0 aliphatic heterocycles. The molecule has 7 nitrogen and oxygen atoms in total. The number of carbonyl (C=O) groups excluding carboxylic acids is 1. The van der Waals surface area contributed by atoms with Crippen LogP contribution in [-0.2, 0) is 6.54 Å². The van der Waals surface area contributed by atoms with Gasteiger partial charge in [0.2, 0.25) is 0 Å². The van der Waals surface area contributed by atoms with E-state index in [9.17, 15) is 4.79 Å². The summed E-state index contributed by atoms with van der Waals surface area (Å²) in [5.74, 6) is 2.16. The van der Waals surface area contributed by atoms with Gasteiger partial charge in [0.05, 0.1) is 20.2 Å². The van der Waals surface area contributed by atoms with Crippen LogP contribution in [0.5, 0.6) is 11.5 Å². The highest BCUT2D eigenvalue weighted by molar-refractivity contribution is 5.94. The molecule has 0 aliphatic carbocycles. The zero-order valence-electron chi connectivity index (χ0n) is 18.9. The summed E-state index contributed by atoms with van der Waals surface area (Å²) in [7, 11) is 1.64. The minimum atomic E-state index is -0.0680. The number of methoxy groups -OCH3 is 1. The molecule has 0 radical (unpaired) electrons. The molecule has 0 saturated carbocycles. The van der Waals surface area contributed by atoms with Gasteiger partial charge in [-0.1, -0.05) is 25.1 Å². The van der Waals surface area contributed by atoms with Crippen molar-refractivity contribution in [1.29, 1.82) is 0 Å². The molecule has 0 fully saturated rings. The maximum Gasteiger partial charge on any atom is 0.251 e. The Balaban J connectivity index is 1.93. The highest BCUT2D eigenvalue weighted by Gasteiger charge is 2.08. The molecule has 2 rings (SSSR count). The van der Waals surface area contributed by atoms with Crippen LogP contribution in [0.1, 0.15) is 43.1 Å². The van der Waals surface area contributed by atoms with Crippen LogP contribution >= 0.6 is 0 Å². The third-order valence-electron chi connectivity index (χ3n) is 4.42. The van der Waals surface area contributed by atoms with Gasteiger partial charge in [-0.25, -0.2) is 4.99 Å². The summed E-state index contributed by atoms with van der Waals surface area (Å²) in [6, 6.07) is 15.1. The van der Waals surface area contributed by atoms with Gasteiger partial charge in [0.1, 0.15) is 17.6 Å². The van der Waals surface area contributed by atoms with Crippen molar-refractivity contribution in [1.82, 2.24) is 16.0 Å². The molecule has 31 heavy (non-hydrogen) atoms. The first-order chi connectivity index (χ1) is 15.0. The quantitative estimate of drug-likeness (QED) is 0.379. The maximum atomic E-state index is 12.2. The number of ether oxygens (including phenoxy) is 2. The minimum absolute atomic E-state index is 0.0544. The molecular formula is C24H34N4O3. The Bertz CT molecular complexity index is 854. The predicted molar refractivity (Wildman–Crippen MR) is 125 cm³/mol. The van der Waals surface area contributed by atoms with Crippen molar-refractivity contribution >= 4 is 11.9 Å². The molecule has 3 N–H and O–H groups in total. The Morgan fingerprint density at radius 2 is 1.81 bits per heavy atom. The zero-order chi connectivity index (χ0) is 22.5. The number of benzene rings is 2. The molecule has 2 aromatic rings. The molecule has 0 spiro atoms. The maximum absolute atomic E-state index is 12.2. The van der Waals surface area contributed by atoms with Crippen LogP contribution in [0.15, 0.2) is 53.5 Å². The molecule has 0 aliphatic rings. The van der Waals surface area contributed by atoms with Crippen molar-refractivity contribution in [2.45, 2.75) is 39.8 Å². The highest BCUT2D eigenvalue weighted by Crippen LogP contribution is 2.19. The van der Waals surface area contributed by atoms with E-state index < -0.39 is 0 Å². The second kappa shape index (κ2) is 13.2. The van der Waals surface area contributed by atoms with Gasteiger partial charge in [-0.05, 0) is 50.1 Å². The van der Waals surface area contributed by atoms with Crippen molar-refractivity contribution in [3.05, 3.63) is 59.7 Å². The summed E-state index contributed by atoms with van der Waals surface area (Å²) < 4.78 is 11.2. The zero-order valence-corrected chi connectivity index (χ0v) is 18.9. The number of guanidine groups is 1. The van der Waals surface area contributed by atoms with E-state index in [2.05, 4.69) is 20.9 Å². The number of hydrogen-bond acceptors (Lipinski definition) is 4. The van der Waals surface area contributed by atoms with E-state index in [1.807, 2.05) is 69.3 Å². The summed E-state index contributed by atoms with van der Waals surface area (Å²) in [4.78, 5) is 16.8. The van der Waals surface area contributed by atoms with Crippen LogP contribution in [0.25, 0.3) is 0 Å². The summed E-state index contributed by atoms with van der Waals surface area (Å²) in [6.07, 6.45) is 0.842. The summed E-state index contributed by atoms with van der Waals surface area (Å²) in [5, 5.41) is 9.45. The van der Waals surface area contributed by atoms with E-state index in [4.69, 9.17) is 9.47 Å². The monoisotopic (exact) mass is 426 g/mol. The van der Waals surface area contributed by atoms with Gasteiger partial charge in [-0.15, -0.1) is 0 Å². The van der Waals surface area contributed by atoms with Crippen LogP contribution in [0.4, 0.5) is 0 Å². The smallest absolute Gasteiger partial charge is 0.251 e. The van der Waals surface area contributed by atoms with Crippen molar-refractivity contribution in [2.75, 3.05) is 26.7 Å². The van der Waals surface area contributed by atoms with Gasteiger partial charge in [-0.3, -0.25) is 4.79 Å². The highest BCUT2D eigenvalue weighted by atomic mass is 16.5. The number of amides is 1. The predicted octanol–water partition coefficient (Wildman–Crippen LogP) is 3.36. The first-order valence-corrected chi connectivity index (χ1v) is 10.8. The van der Waals surface area contributed by atoms with Crippen molar-refractivity contribution < 1.29 is 14.3 Å². The first-order valence-electron chi connectivity index (χ1n) is 10.8. The molecule has 0 saturated heterocycles. The summed E-state index contributed by atoms with van der Waals surface area (Å²) in [6.45, 7) is 8.52. The van der Waals surface area contributed by atoms with Gasteiger partial charge in [0.25, 0.3) is 5.91 Å². The Morgan fingerprint density at radius 1 is 1.03 bits per heavy atom. The Kier molecular flexibility index (Phi) is 10.2. The molecule has 1 unspecified atom stereocenters. The second-order valence-electron chi connectivity index (χ2n) is 7.14. The normalized spacial score (nSPS) is 12.1. The average molecular weight is 427 g/mol. The van der Waals surface area contributed by atoms with Gasteiger partial charge in [0, 0.05) is 24.7 Å². The fourth-order valence-corrected chi connectivity index (χ4v) is 2.85. The number of nitrogens with one attached hydrogen (secondary N) is 3. The van der Waals surface area contributed by atoms with Crippen LogP contribution in [-0.4, -0.2) is 44.7 Å². The van der Waals surface area contributed by atoms with Crippen LogP contribution < -0.4 is 25.4 Å². The Hall–Kier alpha value is -3.22. The standard InChI is InChI=1S/C24H34N4O3/c1-5-13-26-23(29)20-10-7-9-19(14-20)17-28-24(25-6-2)27-16-18(3)31-22-12-8-11-21(15-22)30-4/h7-12,14-15,18H,5-6,13,16-17H2,1-4H3,(H,26,29)(H2,25,27,28). The SMILES string of the molecule is CCCNC(=O)c1cccc(CN=C(NCC)NCC(C)Oc2cccc(OC)c2)c1. The third-order valence-corrected chi connectivity index (χ3v) is 4.42. The van der Waals surface area contributed by atoms with Crippen molar-refractivity contribution in [3.63, 3.8) is 0 Å². The van der Waals surface area contributed by atoms with E-state index in [1.54, 1.807) is 7.11 Å². The first kappa shape index (κ1) is 24.1. The number of carbonyl (C=O) groups is 1. The van der Waals surface area contributed by atoms with Crippen LogP contribution in [0.3, 0.4) is 0 Å². The third kappa shape index (κ3) is 8.58. The van der Waals surface area contributed by atoms with E-state index in [0.717, 1.165) is 30.0 Å². The molecule has 1 amide bonds. The molecular weight excluding hydrogens is 392 g/mol. The van der Waals surface area contributed by atoms with Gasteiger partial charge >= 0.3 is 0 Å². The largest absolute Gasteiger partial charge is 0.497 e. The lowest BCUT2D eigenvalue weighted by Gasteiger charge is -2.18. The van der Waals surface area contributed by atoms with E-state index in [1.165, 1.54) is 0 Å².